The minimum atomic E-state index is 0.0213. The number of rotatable bonds is 6. The van der Waals surface area contributed by atoms with Crippen LogP contribution in [0, 0.1) is 3.57 Å². The smallest absolute Gasteiger partial charge is 0.279 e. The molecule has 0 saturated carbocycles. The number of amides is 1. The van der Waals surface area contributed by atoms with Gasteiger partial charge in [0.25, 0.3) is 5.91 Å². The lowest BCUT2D eigenvalue weighted by atomic mass is 10.2. The molecule has 0 heterocycles. The van der Waals surface area contributed by atoms with Gasteiger partial charge in [-0.25, -0.2) is 0 Å². The standard InChI is InChI=1S/C17H19IN2O2/c1-20(11-13-6-8-16(22-2)9-7-13)12-17(21)19-15-5-3-4-14(18)10-15/h3-10H,11-12H2,1-2H3,(H,19,21)/p+1. The van der Waals surface area contributed by atoms with Gasteiger partial charge < -0.3 is 15.0 Å². The molecule has 2 aromatic rings. The van der Waals surface area contributed by atoms with E-state index < -0.39 is 0 Å². The lowest BCUT2D eigenvalue weighted by Crippen LogP contribution is -3.08. The van der Waals surface area contributed by atoms with Gasteiger partial charge in [-0.2, -0.15) is 0 Å². The van der Waals surface area contributed by atoms with Crippen LogP contribution in [-0.2, 0) is 11.3 Å². The van der Waals surface area contributed by atoms with Gasteiger partial charge in [-0.3, -0.25) is 4.79 Å². The van der Waals surface area contributed by atoms with Crippen molar-refractivity contribution in [2.75, 3.05) is 26.0 Å². The number of benzene rings is 2. The topological polar surface area (TPSA) is 42.8 Å². The van der Waals surface area contributed by atoms with Crippen LogP contribution in [0.5, 0.6) is 5.75 Å². The van der Waals surface area contributed by atoms with E-state index in [1.54, 1.807) is 7.11 Å². The van der Waals surface area contributed by atoms with Gasteiger partial charge in [0.1, 0.15) is 12.3 Å². The molecule has 0 saturated heterocycles. The number of hydrogen-bond donors (Lipinski definition) is 2. The molecule has 2 rings (SSSR count). The van der Waals surface area contributed by atoms with Crippen LogP contribution in [0.1, 0.15) is 5.56 Å². The zero-order chi connectivity index (χ0) is 15.9. The highest BCUT2D eigenvalue weighted by molar-refractivity contribution is 14.1. The predicted molar refractivity (Wildman–Crippen MR) is 96.2 cm³/mol. The molecule has 0 aliphatic carbocycles. The Labute approximate surface area is 144 Å². The van der Waals surface area contributed by atoms with Crippen molar-refractivity contribution >= 4 is 34.2 Å². The molecule has 2 aromatic carbocycles. The number of hydrogen-bond acceptors (Lipinski definition) is 2. The number of halogens is 1. The Hall–Kier alpha value is -1.60. The Balaban J connectivity index is 1.85. The van der Waals surface area contributed by atoms with E-state index >= 15 is 0 Å². The van der Waals surface area contributed by atoms with Crippen LogP contribution >= 0.6 is 22.6 Å². The fraction of sp³-hybridized carbons (Fsp3) is 0.235. The van der Waals surface area contributed by atoms with Crippen LogP contribution in [0.3, 0.4) is 0 Å². The van der Waals surface area contributed by atoms with Crippen LogP contribution < -0.4 is 15.0 Å². The first-order chi connectivity index (χ1) is 10.6. The van der Waals surface area contributed by atoms with E-state index in [-0.39, 0.29) is 5.91 Å². The van der Waals surface area contributed by atoms with Gasteiger partial charge in [0, 0.05) is 14.8 Å². The average molecular weight is 411 g/mol. The summed E-state index contributed by atoms with van der Waals surface area (Å²) in [6, 6.07) is 15.7. The fourth-order valence-corrected chi connectivity index (χ4v) is 2.74. The summed E-state index contributed by atoms with van der Waals surface area (Å²) in [4.78, 5) is 13.2. The number of quaternary nitrogens is 1. The number of likely N-dealkylation sites (N-methyl/N-ethyl adjacent to an activating group) is 1. The quantitative estimate of drug-likeness (QED) is 0.714. The van der Waals surface area contributed by atoms with Crippen LogP contribution in [0.15, 0.2) is 48.5 Å². The van der Waals surface area contributed by atoms with Crippen molar-refractivity contribution in [2.45, 2.75) is 6.54 Å². The summed E-state index contributed by atoms with van der Waals surface area (Å²) in [7, 11) is 3.67. The molecule has 0 fully saturated rings. The fourth-order valence-electron chi connectivity index (χ4n) is 2.20. The zero-order valence-electron chi connectivity index (χ0n) is 12.7. The van der Waals surface area contributed by atoms with E-state index in [1.807, 2.05) is 55.6 Å². The average Bonchev–Trinajstić information content (AvgIpc) is 2.47. The molecule has 2 N–H and O–H groups in total. The number of methoxy groups -OCH3 is 1. The minimum absolute atomic E-state index is 0.0213. The molecule has 0 aliphatic rings. The minimum Gasteiger partial charge on any atom is -0.497 e. The van der Waals surface area contributed by atoms with Crippen LogP contribution in [0.25, 0.3) is 0 Å². The van der Waals surface area contributed by atoms with E-state index in [2.05, 4.69) is 27.9 Å². The van der Waals surface area contributed by atoms with E-state index in [0.29, 0.717) is 6.54 Å². The van der Waals surface area contributed by atoms with Gasteiger partial charge in [-0.05, 0) is 65.1 Å². The summed E-state index contributed by atoms with van der Waals surface area (Å²) in [5, 5.41) is 2.93. The largest absolute Gasteiger partial charge is 0.497 e. The Kier molecular flexibility index (Phi) is 6.21. The Bertz CT molecular complexity index is 629. The van der Waals surface area contributed by atoms with Crippen LogP contribution in [0.2, 0.25) is 0 Å². The molecule has 0 radical (unpaired) electrons. The second kappa shape index (κ2) is 8.14. The Morgan fingerprint density at radius 2 is 1.95 bits per heavy atom. The molecule has 0 spiro atoms. The molecule has 1 amide bonds. The Morgan fingerprint density at radius 3 is 2.59 bits per heavy atom. The SMILES string of the molecule is COc1ccc(C[NH+](C)CC(=O)Nc2cccc(I)c2)cc1. The molecular weight excluding hydrogens is 391 g/mol. The van der Waals surface area contributed by atoms with E-state index in [4.69, 9.17) is 4.74 Å². The van der Waals surface area contributed by atoms with Crippen molar-refractivity contribution in [3.05, 3.63) is 57.7 Å². The summed E-state index contributed by atoms with van der Waals surface area (Å²) in [5.41, 5.74) is 2.02. The van der Waals surface area contributed by atoms with Crippen molar-refractivity contribution in [3.8, 4) is 5.75 Å². The molecule has 116 valence electrons. The van der Waals surface area contributed by atoms with Gasteiger partial charge in [0.15, 0.2) is 6.54 Å². The van der Waals surface area contributed by atoms with E-state index in [1.165, 1.54) is 5.56 Å². The summed E-state index contributed by atoms with van der Waals surface area (Å²) in [6.07, 6.45) is 0. The normalized spacial score (nSPS) is 11.8. The highest BCUT2D eigenvalue weighted by atomic mass is 127. The van der Waals surface area contributed by atoms with E-state index in [9.17, 15) is 4.79 Å². The van der Waals surface area contributed by atoms with Crippen molar-refractivity contribution in [3.63, 3.8) is 0 Å². The second-order valence-corrected chi connectivity index (χ2v) is 6.46. The first kappa shape index (κ1) is 16.8. The molecular formula is C17H20IN2O2+. The molecule has 5 heteroatoms. The maximum absolute atomic E-state index is 12.1. The number of carbonyl (C=O) groups excluding carboxylic acids is 1. The molecule has 1 atom stereocenters. The number of anilines is 1. The summed E-state index contributed by atoms with van der Waals surface area (Å²) in [5.74, 6) is 0.867. The van der Waals surface area contributed by atoms with Gasteiger partial charge in [-0.15, -0.1) is 0 Å². The first-order valence-corrected chi connectivity index (χ1v) is 8.14. The third-order valence-electron chi connectivity index (χ3n) is 3.24. The number of nitrogens with one attached hydrogen (secondary N) is 2. The van der Waals surface area contributed by atoms with Crippen molar-refractivity contribution in [1.82, 2.24) is 0 Å². The van der Waals surface area contributed by atoms with Crippen LogP contribution in [0.4, 0.5) is 5.69 Å². The lowest BCUT2D eigenvalue weighted by Gasteiger charge is -2.14. The Morgan fingerprint density at radius 1 is 1.23 bits per heavy atom. The monoisotopic (exact) mass is 411 g/mol. The molecule has 4 nitrogen and oxygen atoms in total. The molecule has 0 aromatic heterocycles. The maximum atomic E-state index is 12.1. The summed E-state index contributed by atoms with van der Waals surface area (Å²) in [6.45, 7) is 1.22. The second-order valence-electron chi connectivity index (χ2n) is 5.22. The third-order valence-corrected chi connectivity index (χ3v) is 3.91. The van der Waals surface area contributed by atoms with E-state index in [0.717, 1.165) is 26.5 Å². The van der Waals surface area contributed by atoms with Gasteiger partial charge in [0.05, 0.1) is 14.2 Å². The van der Waals surface area contributed by atoms with Gasteiger partial charge in [0.2, 0.25) is 0 Å². The van der Waals surface area contributed by atoms with Crippen LogP contribution in [-0.4, -0.2) is 26.6 Å². The molecule has 0 aliphatic heterocycles. The maximum Gasteiger partial charge on any atom is 0.279 e. The zero-order valence-corrected chi connectivity index (χ0v) is 14.9. The van der Waals surface area contributed by atoms with Crippen molar-refractivity contribution < 1.29 is 14.4 Å². The molecule has 0 bridgehead atoms. The van der Waals surface area contributed by atoms with Gasteiger partial charge >= 0.3 is 0 Å². The highest BCUT2D eigenvalue weighted by Gasteiger charge is 2.11. The summed E-state index contributed by atoms with van der Waals surface area (Å²) >= 11 is 2.23. The highest BCUT2D eigenvalue weighted by Crippen LogP contribution is 2.12. The molecule has 22 heavy (non-hydrogen) atoms. The van der Waals surface area contributed by atoms with Crippen molar-refractivity contribution in [1.29, 1.82) is 0 Å². The summed E-state index contributed by atoms with van der Waals surface area (Å²) < 4.78 is 6.25. The first-order valence-electron chi connectivity index (χ1n) is 7.06. The third kappa shape index (κ3) is 5.31. The molecule has 1 unspecified atom stereocenters. The lowest BCUT2D eigenvalue weighted by molar-refractivity contribution is -0.885. The predicted octanol–water partition coefficient (Wildman–Crippen LogP) is 1.95. The van der Waals surface area contributed by atoms with Crippen molar-refractivity contribution in [2.24, 2.45) is 0 Å². The van der Waals surface area contributed by atoms with Gasteiger partial charge in [-0.1, -0.05) is 6.07 Å². The number of ether oxygens (including phenoxy) is 1. The number of carbonyl (C=O) groups is 1.